The molecule has 0 radical (unpaired) electrons. The summed E-state index contributed by atoms with van der Waals surface area (Å²) in [6.07, 6.45) is 4.45. The molecular formula is C16H18N2O2. The van der Waals surface area contributed by atoms with E-state index in [1.807, 2.05) is 25.5 Å². The number of aliphatic hydroxyl groups is 1. The first-order valence-electron chi connectivity index (χ1n) is 7.10. The van der Waals surface area contributed by atoms with E-state index in [-0.39, 0.29) is 12.0 Å². The predicted molar refractivity (Wildman–Crippen MR) is 75.4 cm³/mol. The molecule has 0 aliphatic carbocycles. The third-order valence-corrected chi connectivity index (χ3v) is 4.75. The summed E-state index contributed by atoms with van der Waals surface area (Å²) in [5, 5.41) is 10.8. The van der Waals surface area contributed by atoms with E-state index in [4.69, 9.17) is 4.74 Å². The highest BCUT2D eigenvalue weighted by Crippen LogP contribution is 2.47. The SMILES string of the molecule is CC1(O)CCOCC1[C@H]1c2ccccc2-c2cncn21. The Kier molecular flexibility index (Phi) is 2.53. The Hall–Kier alpha value is -1.65. The zero-order chi connectivity index (χ0) is 13.7. The lowest BCUT2D eigenvalue weighted by atomic mass is 9.78. The molecule has 4 heteroatoms. The number of nitrogens with zero attached hydrogens (tertiary/aromatic N) is 2. The highest BCUT2D eigenvalue weighted by molar-refractivity contribution is 5.69. The minimum absolute atomic E-state index is 0.0489. The van der Waals surface area contributed by atoms with Crippen molar-refractivity contribution in [1.82, 2.24) is 9.55 Å². The van der Waals surface area contributed by atoms with Crippen molar-refractivity contribution in [3.63, 3.8) is 0 Å². The van der Waals surface area contributed by atoms with Crippen LogP contribution in [-0.2, 0) is 4.74 Å². The number of aromatic nitrogens is 2. The van der Waals surface area contributed by atoms with Crippen LogP contribution < -0.4 is 0 Å². The molecule has 20 heavy (non-hydrogen) atoms. The van der Waals surface area contributed by atoms with E-state index in [0.717, 1.165) is 5.69 Å². The van der Waals surface area contributed by atoms with Crippen LogP contribution in [-0.4, -0.2) is 33.5 Å². The molecule has 1 aromatic carbocycles. The lowest BCUT2D eigenvalue weighted by Gasteiger charge is -2.41. The van der Waals surface area contributed by atoms with Crippen molar-refractivity contribution in [2.24, 2.45) is 5.92 Å². The topological polar surface area (TPSA) is 47.3 Å². The van der Waals surface area contributed by atoms with E-state index < -0.39 is 5.60 Å². The number of fused-ring (bicyclic) bond motifs is 3. The quantitative estimate of drug-likeness (QED) is 0.864. The van der Waals surface area contributed by atoms with Gasteiger partial charge in [0.1, 0.15) is 0 Å². The molecule has 2 aromatic rings. The van der Waals surface area contributed by atoms with E-state index in [0.29, 0.717) is 19.6 Å². The van der Waals surface area contributed by atoms with Gasteiger partial charge in [-0.1, -0.05) is 24.3 Å². The maximum atomic E-state index is 10.8. The molecule has 3 heterocycles. The Labute approximate surface area is 118 Å². The number of ether oxygens (including phenoxy) is 1. The average molecular weight is 270 g/mol. The highest BCUT2D eigenvalue weighted by Gasteiger charge is 2.45. The van der Waals surface area contributed by atoms with E-state index in [9.17, 15) is 5.11 Å². The Morgan fingerprint density at radius 2 is 2.25 bits per heavy atom. The van der Waals surface area contributed by atoms with Crippen molar-refractivity contribution in [2.75, 3.05) is 13.2 Å². The van der Waals surface area contributed by atoms with E-state index in [2.05, 4.69) is 27.8 Å². The summed E-state index contributed by atoms with van der Waals surface area (Å²) < 4.78 is 7.82. The third-order valence-electron chi connectivity index (χ3n) is 4.75. The first kappa shape index (κ1) is 12.1. The Bertz CT molecular complexity index is 647. The van der Waals surface area contributed by atoms with Crippen LogP contribution in [0.1, 0.15) is 24.9 Å². The van der Waals surface area contributed by atoms with Gasteiger partial charge in [-0.25, -0.2) is 4.98 Å². The van der Waals surface area contributed by atoms with Gasteiger partial charge in [0.2, 0.25) is 0 Å². The molecule has 4 nitrogen and oxygen atoms in total. The summed E-state index contributed by atoms with van der Waals surface area (Å²) in [6.45, 7) is 3.15. The van der Waals surface area contributed by atoms with Gasteiger partial charge < -0.3 is 14.4 Å². The van der Waals surface area contributed by atoms with Gasteiger partial charge in [0.15, 0.2) is 0 Å². The average Bonchev–Trinajstić information content (AvgIpc) is 3.00. The Morgan fingerprint density at radius 1 is 1.40 bits per heavy atom. The summed E-state index contributed by atoms with van der Waals surface area (Å²) in [6, 6.07) is 8.50. The van der Waals surface area contributed by atoms with Crippen LogP contribution in [0.4, 0.5) is 0 Å². The zero-order valence-electron chi connectivity index (χ0n) is 11.5. The van der Waals surface area contributed by atoms with Crippen LogP contribution in [0, 0.1) is 5.92 Å². The minimum atomic E-state index is -0.706. The van der Waals surface area contributed by atoms with Gasteiger partial charge in [0.05, 0.1) is 36.5 Å². The van der Waals surface area contributed by atoms with E-state index in [1.54, 1.807) is 0 Å². The molecule has 1 saturated heterocycles. The number of hydrogen-bond donors (Lipinski definition) is 1. The van der Waals surface area contributed by atoms with Crippen molar-refractivity contribution in [1.29, 1.82) is 0 Å². The first-order chi connectivity index (χ1) is 9.68. The van der Waals surface area contributed by atoms with Crippen LogP contribution in [0.15, 0.2) is 36.8 Å². The Morgan fingerprint density at radius 3 is 3.10 bits per heavy atom. The van der Waals surface area contributed by atoms with Gasteiger partial charge in [0.25, 0.3) is 0 Å². The molecule has 1 fully saturated rings. The maximum absolute atomic E-state index is 10.8. The van der Waals surface area contributed by atoms with Gasteiger partial charge >= 0.3 is 0 Å². The fraction of sp³-hybridized carbons (Fsp3) is 0.438. The second kappa shape index (κ2) is 4.17. The van der Waals surface area contributed by atoms with Crippen molar-refractivity contribution < 1.29 is 9.84 Å². The largest absolute Gasteiger partial charge is 0.390 e. The standard InChI is InChI=1S/C16H18N2O2/c1-16(19)6-7-20-9-13(16)15-12-5-3-2-4-11(12)14-8-17-10-18(14)15/h2-5,8,10,13,15,19H,6-7,9H2,1H3/t13?,15-,16?/m1/s1. The van der Waals surface area contributed by atoms with E-state index >= 15 is 0 Å². The van der Waals surface area contributed by atoms with Gasteiger partial charge in [-0.15, -0.1) is 0 Å². The maximum Gasteiger partial charge on any atom is 0.0956 e. The molecule has 104 valence electrons. The van der Waals surface area contributed by atoms with Crippen molar-refractivity contribution in [2.45, 2.75) is 25.0 Å². The summed E-state index contributed by atoms with van der Waals surface area (Å²) in [4.78, 5) is 4.28. The highest BCUT2D eigenvalue weighted by atomic mass is 16.5. The molecule has 0 bridgehead atoms. The second-order valence-corrected chi connectivity index (χ2v) is 6.01. The molecular weight excluding hydrogens is 252 g/mol. The van der Waals surface area contributed by atoms with Gasteiger partial charge in [-0.05, 0) is 18.9 Å². The van der Waals surface area contributed by atoms with Crippen LogP contribution in [0.25, 0.3) is 11.3 Å². The fourth-order valence-electron chi connectivity index (χ4n) is 3.57. The zero-order valence-corrected chi connectivity index (χ0v) is 11.5. The Balaban J connectivity index is 1.86. The van der Waals surface area contributed by atoms with Crippen LogP contribution in [0.3, 0.4) is 0 Å². The summed E-state index contributed by atoms with van der Waals surface area (Å²) in [5.41, 5.74) is 2.91. The van der Waals surface area contributed by atoms with Gasteiger partial charge in [0, 0.05) is 18.1 Å². The summed E-state index contributed by atoms with van der Waals surface area (Å²) in [7, 11) is 0. The molecule has 4 rings (SSSR count). The number of imidazole rings is 1. The first-order valence-corrected chi connectivity index (χ1v) is 7.10. The molecule has 2 aliphatic heterocycles. The molecule has 0 saturated carbocycles. The molecule has 1 N–H and O–H groups in total. The molecule has 2 unspecified atom stereocenters. The lowest BCUT2D eigenvalue weighted by Crippen LogP contribution is -2.46. The number of rotatable bonds is 1. The molecule has 0 amide bonds. The molecule has 0 spiro atoms. The number of hydrogen-bond acceptors (Lipinski definition) is 3. The van der Waals surface area contributed by atoms with E-state index in [1.165, 1.54) is 11.1 Å². The molecule has 1 aromatic heterocycles. The summed E-state index contributed by atoms with van der Waals surface area (Å²) in [5.74, 6) is 0.0489. The van der Waals surface area contributed by atoms with Crippen LogP contribution >= 0.6 is 0 Å². The normalized spacial score (nSPS) is 31.9. The van der Waals surface area contributed by atoms with Crippen molar-refractivity contribution in [3.05, 3.63) is 42.4 Å². The fourth-order valence-corrected chi connectivity index (χ4v) is 3.57. The van der Waals surface area contributed by atoms with Gasteiger partial charge in [-0.3, -0.25) is 0 Å². The minimum Gasteiger partial charge on any atom is -0.390 e. The molecule has 2 aliphatic rings. The van der Waals surface area contributed by atoms with Crippen molar-refractivity contribution in [3.8, 4) is 11.3 Å². The smallest absolute Gasteiger partial charge is 0.0956 e. The van der Waals surface area contributed by atoms with Crippen molar-refractivity contribution >= 4 is 0 Å². The summed E-state index contributed by atoms with van der Waals surface area (Å²) >= 11 is 0. The van der Waals surface area contributed by atoms with Crippen LogP contribution in [0.5, 0.6) is 0 Å². The second-order valence-electron chi connectivity index (χ2n) is 6.01. The third kappa shape index (κ3) is 1.58. The monoisotopic (exact) mass is 270 g/mol. The van der Waals surface area contributed by atoms with Gasteiger partial charge in [-0.2, -0.15) is 0 Å². The van der Waals surface area contributed by atoms with Crippen LogP contribution in [0.2, 0.25) is 0 Å². The molecule has 3 atom stereocenters. The number of benzene rings is 1. The predicted octanol–water partition coefficient (Wildman–Crippen LogP) is 2.24. The lowest BCUT2D eigenvalue weighted by molar-refractivity contribution is -0.112.